The summed E-state index contributed by atoms with van der Waals surface area (Å²) in [5.41, 5.74) is 6.52. The fourth-order valence-electron chi connectivity index (χ4n) is 1.46. The lowest BCUT2D eigenvalue weighted by molar-refractivity contribution is 0.306. The van der Waals surface area contributed by atoms with Crippen LogP contribution in [0.1, 0.15) is 11.3 Å². The van der Waals surface area contributed by atoms with Gasteiger partial charge in [-0.05, 0) is 35.9 Å². The van der Waals surface area contributed by atoms with E-state index in [4.69, 9.17) is 27.5 Å². The van der Waals surface area contributed by atoms with E-state index in [9.17, 15) is 4.39 Å². The van der Waals surface area contributed by atoms with E-state index in [-0.39, 0.29) is 17.5 Å². The minimum Gasteiger partial charge on any atom is -0.487 e. The summed E-state index contributed by atoms with van der Waals surface area (Å²) in [5.74, 6) is -0.133. The molecule has 6 heteroatoms. The highest BCUT2D eigenvalue weighted by Crippen LogP contribution is 2.25. The maximum atomic E-state index is 12.9. The van der Waals surface area contributed by atoms with E-state index in [2.05, 4.69) is 4.98 Å². The molecule has 1 aromatic heterocycles. The van der Waals surface area contributed by atoms with Crippen LogP contribution in [0.4, 0.5) is 4.39 Å². The van der Waals surface area contributed by atoms with Crippen LogP contribution in [-0.2, 0) is 6.61 Å². The molecule has 0 amide bonds. The smallest absolute Gasteiger partial charge is 0.141 e. The third-order valence-corrected chi connectivity index (χ3v) is 2.68. The summed E-state index contributed by atoms with van der Waals surface area (Å²) >= 11 is 5.85. The second kappa shape index (κ2) is 5.67. The molecule has 0 fully saturated rings. The molecule has 19 heavy (non-hydrogen) atoms. The molecule has 2 rings (SSSR count). The number of rotatable bonds is 4. The number of nitrogens with zero attached hydrogens (tertiary/aromatic N) is 1. The fourth-order valence-corrected chi connectivity index (χ4v) is 1.69. The molecule has 0 atom stereocenters. The number of nitrogens with one attached hydrogen (secondary N) is 1. The molecule has 0 aliphatic heterocycles. The zero-order valence-corrected chi connectivity index (χ0v) is 10.6. The van der Waals surface area contributed by atoms with Crippen LogP contribution in [0, 0.1) is 11.2 Å². The molecular weight excluding hydrogens is 269 g/mol. The highest BCUT2D eigenvalue weighted by Gasteiger charge is 2.05. The Morgan fingerprint density at radius 1 is 1.37 bits per heavy atom. The van der Waals surface area contributed by atoms with E-state index in [1.54, 1.807) is 18.3 Å². The number of benzene rings is 1. The summed E-state index contributed by atoms with van der Waals surface area (Å²) < 4.78 is 18.3. The summed E-state index contributed by atoms with van der Waals surface area (Å²) in [6.07, 6.45) is 1.54. The Bertz CT molecular complexity index is 619. The van der Waals surface area contributed by atoms with Gasteiger partial charge in [-0.15, -0.1) is 0 Å². The second-order valence-corrected chi connectivity index (χ2v) is 4.23. The van der Waals surface area contributed by atoms with Crippen molar-refractivity contribution in [3.63, 3.8) is 0 Å². The highest BCUT2D eigenvalue weighted by molar-refractivity contribution is 6.32. The summed E-state index contributed by atoms with van der Waals surface area (Å²) in [5, 5.41) is 7.51. The van der Waals surface area contributed by atoms with Gasteiger partial charge in [0.1, 0.15) is 29.7 Å². The second-order valence-electron chi connectivity index (χ2n) is 3.83. The first-order chi connectivity index (χ1) is 9.06. The van der Waals surface area contributed by atoms with Crippen LogP contribution < -0.4 is 10.5 Å². The number of pyridine rings is 1. The van der Waals surface area contributed by atoms with Crippen molar-refractivity contribution in [2.24, 2.45) is 5.73 Å². The van der Waals surface area contributed by atoms with Gasteiger partial charge in [0.25, 0.3) is 0 Å². The molecule has 0 bridgehead atoms. The largest absolute Gasteiger partial charge is 0.487 e. The Kier molecular flexibility index (Phi) is 3.97. The van der Waals surface area contributed by atoms with Gasteiger partial charge in [0.05, 0.1) is 5.02 Å². The lowest BCUT2D eigenvalue weighted by Crippen LogP contribution is -2.13. The van der Waals surface area contributed by atoms with Crippen molar-refractivity contribution in [3.8, 4) is 5.75 Å². The van der Waals surface area contributed by atoms with Gasteiger partial charge in [0, 0.05) is 6.20 Å². The van der Waals surface area contributed by atoms with Crippen molar-refractivity contribution in [1.82, 2.24) is 4.98 Å². The van der Waals surface area contributed by atoms with Crippen molar-refractivity contribution in [1.29, 1.82) is 5.41 Å². The van der Waals surface area contributed by atoms with Gasteiger partial charge in [0.2, 0.25) is 0 Å². The Morgan fingerprint density at radius 2 is 2.16 bits per heavy atom. The molecular formula is C13H11ClFN3O. The quantitative estimate of drug-likeness (QED) is 0.668. The minimum absolute atomic E-state index is 0.110. The van der Waals surface area contributed by atoms with Gasteiger partial charge in [-0.3, -0.25) is 10.4 Å². The molecule has 2 aromatic rings. The number of nitrogens with two attached hydrogens (primary N) is 1. The SMILES string of the molecule is N=C(N)c1cc(COc2ccc(F)cc2Cl)ccn1. The molecule has 0 spiro atoms. The predicted octanol–water partition coefficient (Wildman–Crippen LogP) is 2.74. The number of ether oxygens (including phenoxy) is 1. The number of halogens is 2. The maximum Gasteiger partial charge on any atom is 0.141 e. The average molecular weight is 280 g/mol. The van der Waals surface area contributed by atoms with Gasteiger partial charge in [-0.1, -0.05) is 11.6 Å². The molecule has 0 saturated heterocycles. The highest BCUT2D eigenvalue weighted by atomic mass is 35.5. The summed E-state index contributed by atoms with van der Waals surface area (Å²) in [6, 6.07) is 7.31. The molecule has 0 aliphatic rings. The van der Waals surface area contributed by atoms with Crippen molar-refractivity contribution in [2.45, 2.75) is 6.61 Å². The molecule has 3 N–H and O–H groups in total. The van der Waals surface area contributed by atoms with Crippen molar-refractivity contribution >= 4 is 17.4 Å². The van der Waals surface area contributed by atoms with Crippen molar-refractivity contribution < 1.29 is 9.13 Å². The zero-order chi connectivity index (χ0) is 13.8. The first kappa shape index (κ1) is 13.3. The first-order valence-electron chi connectivity index (χ1n) is 5.43. The molecule has 1 heterocycles. The Balaban J connectivity index is 2.10. The number of nitrogen functional groups attached to an aromatic ring is 1. The van der Waals surface area contributed by atoms with Crippen molar-refractivity contribution in [2.75, 3.05) is 0 Å². The summed E-state index contributed by atoms with van der Waals surface area (Å²) in [6.45, 7) is 0.230. The monoisotopic (exact) mass is 279 g/mol. The number of aromatic nitrogens is 1. The fraction of sp³-hybridized carbons (Fsp3) is 0.0769. The van der Waals surface area contributed by atoms with Gasteiger partial charge in [-0.2, -0.15) is 0 Å². The topological polar surface area (TPSA) is 72.0 Å². The van der Waals surface area contributed by atoms with Gasteiger partial charge >= 0.3 is 0 Å². The van der Waals surface area contributed by atoms with Gasteiger partial charge in [0.15, 0.2) is 0 Å². The Labute approximate surface area is 114 Å². The van der Waals surface area contributed by atoms with Crippen LogP contribution in [0.3, 0.4) is 0 Å². The molecule has 98 valence electrons. The number of hydrogen-bond acceptors (Lipinski definition) is 3. The van der Waals surface area contributed by atoms with Crippen molar-refractivity contribution in [3.05, 3.63) is 58.6 Å². The van der Waals surface area contributed by atoms with E-state index in [1.165, 1.54) is 18.2 Å². The van der Waals surface area contributed by atoms with Crippen LogP contribution in [-0.4, -0.2) is 10.8 Å². The summed E-state index contributed by atoms with van der Waals surface area (Å²) in [7, 11) is 0. The molecule has 1 aromatic carbocycles. The molecule has 0 aliphatic carbocycles. The molecule has 0 unspecified atom stereocenters. The van der Waals surface area contributed by atoms with E-state index in [0.717, 1.165) is 5.56 Å². The summed E-state index contributed by atoms with van der Waals surface area (Å²) in [4.78, 5) is 3.94. The predicted molar refractivity (Wildman–Crippen MR) is 71.0 cm³/mol. The van der Waals surface area contributed by atoms with E-state index in [1.807, 2.05) is 0 Å². The van der Waals surface area contributed by atoms with Crippen LogP contribution in [0.25, 0.3) is 0 Å². The third-order valence-electron chi connectivity index (χ3n) is 2.39. The zero-order valence-electron chi connectivity index (χ0n) is 9.86. The Morgan fingerprint density at radius 3 is 2.84 bits per heavy atom. The number of hydrogen-bond donors (Lipinski definition) is 2. The standard InChI is InChI=1S/C13H11ClFN3O/c14-10-6-9(15)1-2-12(10)19-7-8-3-4-18-11(5-8)13(16)17/h1-6H,7H2,(H3,16,17). The average Bonchev–Trinajstić information content (AvgIpc) is 2.38. The Hall–Kier alpha value is -2.14. The van der Waals surface area contributed by atoms with Crippen LogP contribution in [0.2, 0.25) is 5.02 Å². The van der Waals surface area contributed by atoms with Crippen LogP contribution in [0.15, 0.2) is 36.5 Å². The normalized spacial score (nSPS) is 10.2. The lowest BCUT2D eigenvalue weighted by Gasteiger charge is -2.08. The number of amidine groups is 1. The lowest BCUT2D eigenvalue weighted by atomic mass is 10.2. The van der Waals surface area contributed by atoms with Crippen LogP contribution in [0.5, 0.6) is 5.75 Å². The molecule has 4 nitrogen and oxygen atoms in total. The van der Waals surface area contributed by atoms with E-state index < -0.39 is 5.82 Å². The maximum absolute atomic E-state index is 12.9. The van der Waals surface area contributed by atoms with E-state index >= 15 is 0 Å². The molecule has 0 saturated carbocycles. The minimum atomic E-state index is -0.417. The molecule has 0 radical (unpaired) electrons. The van der Waals surface area contributed by atoms with E-state index in [0.29, 0.717) is 11.4 Å². The van der Waals surface area contributed by atoms with Gasteiger partial charge in [-0.25, -0.2) is 4.39 Å². The first-order valence-corrected chi connectivity index (χ1v) is 5.81. The van der Waals surface area contributed by atoms with Crippen LogP contribution >= 0.6 is 11.6 Å². The van der Waals surface area contributed by atoms with Gasteiger partial charge < -0.3 is 10.5 Å². The third kappa shape index (κ3) is 3.42.